The molecule has 1 aromatic rings. The van der Waals surface area contributed by atoms with Gasteiger partial charge in [-0.25, -0.2) is 4.39 Å². The van der Waals surface area contributed by atoms with Gasteiger partial charge in [0, 0.05) is 23.1 Å². The van der Waals surface area contributed by atoms with Gasteiger partial charge in [0.15, 0.2) is 0 Å². The number of nitrogens with two attached hydrogens (primary N) is 1. The molecule has 2 atom stereocenters. The van der Waals surface area contributed by atoms with Crippen molar-refractivity contribution in [1.82, 2.24) is 4.90 Å². The first-order valence-corrected chi connectivity index (χ1v) is 7.31. The van der Waals surface area contributed by atoms with Crippen molar-refractivity contribution in [2.45, 2.75) is 38.3 Å². The van der Waals surface area contributed by atoms with Gasteiger partial charge in [0.05, 0.1) is 5.56 Å². The fourth-order valence-corrected chi connectivity index (χ4v) is 2.99. The molecule has 2 rings (SSSR count). The second-order valence-corrected chi connectivity index (χ2v) is 5.90. The van der Waals surface area contributed by atoms with Crippen molar-refractivity contribution in [1.29, 1.82) is 0 Å². The van der Waals surface area contributed by atoms with Crippen LogP contribution in [0.3, 0.4) is 0 Å². The number of carbonyl (C=O) groups is 1. The highest BCUT2D eigenvalue weighted by molar-refractivity contribution is 9.10. The van der Waals surface area contributed by atoms with E-state index in [4.69, 9.17) is 5.73 Å². The van der Waals surface area contributed by atoms with Crippen molar-refractivity contribution in [3.63, 3.8) is 0 Å². The molecule has 104 valence electrons. The van der Waals surface area contributed by atoms with Crippen molar-refractivity contribution >= 4 is 21.8 Å². The zero-order chi connectivity index (χ0) is 14.0. The lowest BCUT2D eigenvalue weighted by atomic mass is 9.96. The summed E-state index contributed by atoms with van der Waals surface area (Å²) >= 11 is 3.31. The first kappa shape index (κ1) is 14.5. The van der Waals surface area contributed by atoms with Crippen LogP contribution >= 0.6 is 15.9 Å². The third-order valence-corrected chi connectivity index (χ3v) is 4.27. The molecule has 1 aromatic carbocycles. The number of nitrogens with zero attached hydrogens (tertiary/aromatic N) is 1. The van der Waals surface area contributed by atoms with E-state index in [0.717, 1.165) is 19.3 Å². The number of hydrogen-bond donors (Lipinski definition) is 1. The Morgan fingerprint density at radius 3 is 2.95 bits per heavy atom. The Morgan fingerprint density at radius 1 is 1.53 bits per heavy atom. The lowest BCUT2D eigenvalue weighted by Crippen LogP contribution is -2.51. The zero-order valence-corrected chi connectivity index (χ0v) is 12.5. The van der Waals surface area contributed by atoms with Gasteiger partial charge in [-0.05, 0) is 60.3 Å². The van der Waals surface area contributed by atoms with E-state index in [1.807, 2.05) is 6.92 Å². The molecule has 0 saturated carbocycles. The van der Waals surface area contributed by atoms with Crippen LogP contribution in [0.1, 0.15) is 36.5 Å². The van der Waals surface area contributed by atoms with Gasteiger partial charge < -0.3 is 10.6 Å². The second kappa shape index (κ2) is 6.01. The van der Waals surface area contributed by atoms with E-state index >= 15 is 0 Å². The minimum absolute atomic E-state index is 0.0383. The number of hydrogen-bond acceptors (Lipinski definition) is 2. The summed E-state index contributed by atoms with van der Waals surface area (Å²) in [5.41, 5.74) is 6.33. The zero-order valence-electron chi connectivity index (χ0n) is 10.9. The summed E-state index contributed by atoms with van der Waals surface area (Å²) < 4.78 is 13.9. The third kappa shape index (κ3) is 3.15. The topological polar surface area (TPSA) is 46.3 Å². The molecule has 1 aliphatic heterocycles. The number of carbonyl (C=O) groups excluding carboxylic acids is 1. The van der Waals surface area contributed by atoms with Gasteiger partial charge in [-0.1, -0.05) is 0 Å². The predicted molar refractivity (Wildman–Crippen MR) is 76.4 cm³/mol. The highest BCUT2D eigenvalue weighted by Gasteiger charge is 2.30. The molecular weight excluding hydrogens is 311 g/mol. The average molecular weight is 329 g/mol. The lowest BCUT2D eigenvalue weighted by molar-refractivity contribution is 0.0582. The molecule has 19 heavy (non-hydrogen) atoms. The number of benzene rings is 1. The van der Waals surface area contributed by atoms with Gasteiger partial charge in [-0.15, -0.1) is 0 Å². The maximum Gasteiger partial charge on any atom is 0.255 e. The first-order valence-electron chi connectivity index (χ1n) is 6.52. The normalized spacial score (nSPS) is 21.3. The number of rotatable bonds is 2. The van der Waals surface area contributed by atoms with E-state index in [1.54, 1.807) is 11.0 Å². The first-order chi connectivity index (χ1) is 9.00. The van der Waals surface area contributed by atoms with E-state index in [-0.39, 0.29) is 18.0 Å². The molecule has 1 heterocycles. The van der Waals surface area contributed by atoms with Crippen molar-refractivity contribution in [3.8, 4) is 0 Å². The predicted octanol–water partition coefficient (Wildman–Crippen LogP) is 2.93. The van der Waals surface area contributed by atoms with Crippen LogP contribution in [0.4, 0.5) is 4.39 Å². The van der Waals surface area contributed by atoms with Crippen LogP contribution < -0.4 is 5.73 Å². The van der Waals surface area contributed by atoms with Gasteiger partial charge in [0.25, 0.3) is 5.91 Å². The molecule has 5 heteroatoms. The summed E-state index contributed by atoms with van der Waals surface area (Å²) in [6, 6.07) is 4.14. The molecule has 3 nitrogen and oxygen atoms in total. The van der Waals surface area contributed by atoms with E-state index < -0.39 is 5.82 Å². The van der Waals surface area contributed by atoms with E-state index in [9.17, 15) is 9.18 Å². The largest absolute Gasteiger partial charge is 0.334 e. The Kier molecular flexibility index (Phi) is 4.58. The van der Waals surface area contributed by atoms with Gasteiger partial charge in [-0.2, -0.15) is 0 Å². The summed E-state index contributed by atoms with van der Waals surface area (Å²) in [7, 11) is 0. The fraction of sp³-hybridized carbons (Fsp3) is 0.500. The minimum atomic E-state index is -0.402. The van der Waals surface area contributed by atoms with E-state index in [1.165, 1.54) is 12.1 Å². The van der Waals surface area contributed by atoms with Gasteiger partial charge in [0.1, 0.15) is 5.82 Å². The molecule has 1 amide bonds. The number of piperidine rings is 1. The maximum absolute atomic E-state index is 13.3. The van der Waals surface area contributed by atoms with Crippen LogP contribution in [0, 0.1) is 5.82 Å². The van der Waals surface area contributed by atoms with Gasteiger partial charge in [0.2, 0.25) is 0 Å². The third-order valence-electron chi connectivity index (χ3n) is 3.58. The molecule has 2 N–H and O–H groups in total. The highest BCUT2D eigenvalue weighted by Crippen LogP contribution is 2.25. The van der Waals surface area contributed by atoms with Crippen LogP contribution in [0.15, 0.2) is 22.7 Å². The Bertz CT molecular complexity index is 479. The van der Waals surface area contributed by atoms with E-state index in [0.29, 0.717) is 16.6 Å². The fourth-order valence-electron chi connectivity index (χ4n) is 2.57. The van der Waals surface area contributed by atoms with Crippen LogP contribution in [-0.2, 0) is 0 Å². The Labute approximate surface area is 121 Å². The van der Waals surface area contributed by atoms with Crippen LogP contribution in [-0.4, -0.2) is 29.4 Å². The monoisotopic (exact) mass is 328 g/mol. The summed E-state index contributed by atoms with van der Waals surface area (Å²) in [5.74, 6) is -0.547. The average Bonchev–Trinajstić information content (AvgIpc) is 2.40. The molecular formula is C14H18BrFN2O. The van der Waals surface area contributed by atoms with Crippen LogP contribution in [0.5, 0.6) is 0 Å². The molecule has 1 aliphatic rings. The van der Waals surface area contributed by atoms with Gasteiger partial charge >= 0.3 is 0 Å². The van der Waals surface area contributed by atoms with Gasteiger partial charge in [-0.3, -0.25) is 4.79 Å². The molecule has 0 radical (unpaired) electrons. The molecule has 0 bridgehead atoms. The van der Waals surface area contributed by atoms with Crippen LogP contribution in [0.25, 0.3) is 0 Å². The SMILES string of the molecule is C[C@@H](N)[C@H]1CCCCN1C(=O)c1cc(F)ccc1Br. The molecule has 0 spiro atoms. The van der Waals surface area contributed by atoms with Crippen LogP contribution in [0.2, 0.25) is 0 Å². The Balaban J connectivity index is 2.28. The van der Waals surface area contributed by atoms with Crippen molar-refractivity contribution in [2.75, 3.05) is 6.54 Å². The smallest absolute Gasteiger partial charge is 0.255 e. The molecule has 0 aromatic heterocycles. The second-order valence-electron chi connectivity index (χ2n) is 5.04. The molecule has 0 aliphatic carbocycles. The van der Waals surface area contributed by atoms with Crippen molar-refractivity contribution < 1.29 is 9.18 Å². The lowest BCUT2D eigenvalue weighted by Gasteiger charge is -2.38. The van der Waals surface area contributed by atoms with Crippen molar-refractivity contribution in [2.24, 2.45) is 5.73 Å². The minimum Gasteiger partial charge on any atom is -0.334 e. The Morgan fingerprint density at radius 2 is 2.26 bits per heavy atom. The number of amides is 1. The van der Waals surface area contributed by atoms with E-state index in [2.05, 4.69) is 15.9 Å². The maximum atomic E-state index is 13.3. The van der Waals surface area contributed by atoms with Crippen molar-refractivity contribution in [3.05, 3.63) is 34.1 Å². The standard InChI is InChI=1S/C14H18BrFN2O/c1-9(17)13-4-2-3-7-18(13)14(19)11-8-10(16)5-6-12(11)15/h5-6,8-9,13H,2-4,7,17H2,1H3/t9-,13-/m1/s1. The molecule has 0 unspecified atom stereocenters. The quantitative estimate of drug-likeness (QED) is 0.907. The highest BCUT2D eigenvalue weighted by atomic mass is 79.9. The summed E-state index contributed by atoms with van der Waals surface area (Å²) in [6.45, 7) is 2.60. The Hall–Kier alpha value is -0.940. The summed E-state index contributed by atoms with van der Waals surface area (Å²) in [4.78, 5) is 14.3. The summed E-state index contributed by atoms with van der Waals surface area (Å²) in [6.07, 6.45) is 2.97. The molecule has 1 saturated heterocycles. The summed E-state index contributed by atoms with van der Waals surface area (Å²) in [5, 5.41) is 0. The number of likely N-dealkylation sites (tertiary alicyclic amines) is 1. The number of halogens is 2. The molecule has 1 fully saturated rings.